The first-order valence-corrected chi connectivity index (χ1v) is 5.16. The van der Waals surface area contributed by atoms with Gasteiger partial charge in [0.05, 0.1) is 11.4 Å². The first-order chi connectivity index (χ1) is 8.95. The van der Waals surface area contributed by atoms with Crippen LogP contribution >= 0.6 is 0 Å². The number of hydrogen-bond acceptors (Lipinski definition) is 4. The summed E-state index contributed by atoms with van der Waals surface area (Å²) in [6.07, 6.45) is 0. The van der Waals surface area contributed by atoms with E-state index in [9.17, 15) is 18.8 Å². The van der Waals surface area contributed by atoms with Crippen molar-refractivity contribution in [3.63, 3.8) is 0 Å². The van der Waals surface area contributed by atoms with Crippen LogP contribution in [0, 0.1) is 5.82 Å². The van der Waals surface area contributed by atoms with E-state index in [1.807, 2.05) is 4.98 Å². The van der Waals surface area contributed by atoms with E-state index in [2.05, 4.69) is 10.3 Å². The highest BCUT2D eigenvalue weighted by molar-refractivity contribution is 6.04. The third-order valence-electron chi connectivity index (χ3n) is 2.27. The predicted molar refractivity (Wildman–Crippen MR) is 66.4 cm³/mol. The molecule has 7 nitrogen and oxygen atoms in total. The zero-order valence-electron chi connectivity index (χ0n) is 9.49. The van der Waals surface area contributed by atoms with Crippen molar-refractivity contribution in [2.45, 2.75) is 0 Å². The number of rotatable bonds is 2. The molecule has 2 aromatic rings. The summed E-state index contributed by atoms with van der Waals surface area (Å²) in [5, 5.41) is 2.29. The molecule has 2 rings (SSSR count). The molecule has 0 fully saturated rings. The van der Waals surface area contributed by atoms with E-state index in [4.69, 9.17) is 5.73 Å². The largest absolute Gasteiger partial charge is 0.397 e. The highest BCUT2D eigenvalue weighted by Crippen LogP contribution is 2.19. The standard InChI is InChI=1S/C11H9FN4O3/c12-5-1-2-6(13)7(3-5)14-10(18)8-4-9(17)16-11(19)15-8/h1-4H,13H2,(H,14,18)(H2,15,16,17,19). The third-order valence-corrected chi connectivity index (χ3v) is 2.27. The van der Waals surface area contributed by atoms with Crippen LogP contribution in [0.3, 0.4) is 0 Å². The van der Waals surface area contributed by atoms with Crippen LogP contribution in [0.25, 0.3) is 0 Å². The Bertz CT molecular complexity index is 722. The lowest BCUT2D eigenvalue weighted by Gasteiger charge is -2.07. The Hall–Kier alpha value is -2.90. The zero-order chi connectivity index (χ0) is 14.0. The van der Waals surface area contributed by atoms with Crippen molar-refractivity contribution < 1.29 is 9.18 Å². The molecule has 0 aliphatic rings. The Kier molecular flexibility index (Phi) is 3.15. The summed E-state index contributed by atoms with van der Waals surface area (Å²) in [4.78, 5) is 37.9. The van der Waals surface area contributed by atoms with Gasteiger partial charge in [-0.3, -0.25) is 14.6 Å². The molecular formula is C11H9FN4O3. The number of carbonyl (C=O) groups is 1. The second-order valence-electron chi connectivity index (χ2n) is 3.69. The maximum Gasteiger partial charge on any atom is 0.326 e. The minimum atomic E-state index is -0.815. The van der Waals surface area contributed by atoms with Crippen molar-refractivity contribution in [1.82, 2.24) is 9.97 Å². The van der Waals surface area contributed by atoms with E-state index in [1.165, 1.54) is 6.07 Å². The summed E-state index contributed by atoms with van der Waals surface area (Å²) in [5.74, 6) is -1.36. The maximum absolute atomic E-state index is 13.0. The fraction of sp³-hybridized carbons (Fsp3) is 0. The highest BCUT2D eigenvalue weighted by atomic mass is 19.1. The van der Waals surface area contributed by atoms with Gasteiger partial charge in [0.25, 0.3) is 11.5 Å². The fourth-order valence-corrected chi connectivity index (χ4v) is 1.42. The molecule has 98 valence electrons. The van der Waals surface area contributed by atoms with E-state index >= 15 is 0 Å². The van der Waals surface area contributed by atoms with Crippen LogP contribution in [0.1, 0.15) is 10.5 Å². The molecule has 0 radical (unpaired) electrons. The third kappa shape index (κ3) is 2.86. The molecule has 0 aliphatic carbocycles. The first-order valence-electron chi connectivity index (χ1n) is 5.16. The molecular weight excluding hydrogens is 255 g/mol. The number of H-pyrrole nitrogens is 2. The van der Waals surface area contributed by atoms with Gasteiger partial charge >= 0.3 is 5.69 Å². The van der Waals surface area contributed by atoms with Crippen LogP contribution in [-0.4, -0.2) is 15.9 Å². The second-order valence-corrected chi connectivity index (χ2v) is 3.69. The number of benzene rings is 1. The topological polar surface area (TPSA) is 121 Å². The first kappa shape index (κ1) is 12.6. The van der Waals surface area contributed by atoms with Gasteiger partial charge < -0.3 is 16.0 Å². The summed E-state index contributed by atoms with van der Waals surface area (Å²) >= 11 is 0. The van der Waals surface area contributed by atoms with E-state index in [0.717, 1.165) is 18.2 Å². The lowest BCUT2D eigenvalue weighted by molar-refractivity contribution is 0.102. The molecule has 1 amide bonds. The molecule has 5 N–H and O–H groups in total. The summed E-state index contributed by atoms with van der Waals surface area (Å²) in [6, 6.07) is 4.36. The average molecular weight is 264 g/mol. The minimum Gasteiger partial charge on any atom is -0.397 e. The molecule has 0 bridgehead atoms. The van der Waals surface area contributed by atoms with Gasteiger partial charge in [-0.05, 0) is 18.2 Å². The van der Waals surface area contributed by atoms with Crippen LogP contribution < -0.4 is 22.3 Å². The van der Waals surface area contributed by atoms with Crippen LogP contribution in [0.4, 0.5) is 15.8 Å². The number of aromatic nitrogens is 2. The quantitative estimate of drug-likeness (QED) is 0.572. The zero-order valence-corrected chi connectivity index (χ0v) is 9.49. The number of amides is 1. The van der Waals surface area contributed by atoms with Crippen molar-refractivity contribution in [2.75, 3.05) is 11.1 Å². The lowest BCUT2D eigenvalue weighted by Crippen LogP contribution is -2.27. The summed E-state index contributed by atoms with van der Waals surface area (Å²) in [7, 11) is 0. The molecule has 1 aromatic carbocycles. The Morgan fingerprint density at radius 2 is 1.95 bits per heavy atom. The van der Waals surface area contributed by atoms with Crippen LogP contribution in [0.2, 0.25) is 0 Å². The van der Waals surface area contributed by atoms with Gasteiger partial charge in [0.2, 0.25) is 0 Å². The molecule has 1 heterocycles. The fourth-order valence-electron chi connectivity index (χ4n) is 1.42. The number of anilines is 2. The SMILES string of the molecule is Nc1ccc(F)cc1NC(=O)c1cc(=O)[nH]c(=O)[nH]1. The van der Waals surface area contributed by atoms with E-state index in [-0.39, 0.29) is 17.1 Å². The Balaban J connectivity index is 2.33. The molecule has 0 saturated heterocycles. The number of hydrogen-bond donors (Lipinski definition) is 4. The van der Waals surface area contributed by atoms with Crippen molar-refractivity contribution in [3.05, 3.63) is 56.6 Å². The summed E-state index contributed by atoms with van der Waals surface area (Å²) < 4.78 is 13.0. The maximum atomic E-state index is 13.0. The number of nitrogens with two attached hydrogens (primary N) is 1. The van der Waals surface area contributed by atoms with E-state index < -0.39 is 23.0 Å². The molecule has 8 heteroatoms. The predicted octanol–water partition coefficient (Wildman–Crippen LogP) is 0.0368. The molecule has 0 spiro atoms. The summed E-state index contributed by atoms with van der Waals surface area (Å²) in [6.45, 7) is 0. The van der Waals surface area contributed by atoms with Gasteiger partial charge in [-0.25, -0.2) is 9.18 Å². The molecule has 0 atom stereocenters. The van der Waals surface area contributed by atoms with Gasteiger partial charge in [0.1, 0.15) is 11.5 Å². The van der Waals surface area contributed by atoms with Gasteiger partial charge in [0, 0.05) is 6.07 Å². The number of aromatic amines is 2. The molecule has 19 heavy (non-hydrogen) atoms. The Morgan fingerprint density at radius 3 is 2.63 bits per heavy atom. The Morgan fingerprint density at radius 1 is 1.21 bits per heavy atom. The number of nitrogen functional groups attached to an aromatic ring is 1. The van der Waals surface area contributed by atoms with Crippen LogP contribution in [0.15, 0.2) is 33.9 Å². The van der Waals surface area contributed by atoms with Crippen molar-refractivity contribution in [3.8, 4) is 0 Å². The normalized spacial score (nSPS) is 10.2. The molecule has 1 aromatic heterocycles. The average Bonchev–Trinajstić information content (AvgIpc) is 2.32. The highest BCUT2D eigenvalue weighted by Gasteiger charge is 2.10. The van der Waals surface area contributed by atoms with E-state index in [0.29, 0.717) is 0 Å². The number of nitrogens with one attached hydrogen (secondary N) is 3. The summed E-state index contributed by atoms with van der Waals surface area (Å²) in [5.41, 5.74) is 3.97. The monoisotopic (exact) mass is 264 g/mol. The van der Waals surface area contributed by atoms with Gasteiger partial charge in [-0.2, -0.15) is 0 Å². The van der Waals surface area contributed by atoms with Gasteiger partial charge in [-0.15, -0.1) is 0 Å². The molecule has 0 saturated carbocycles. The molecule has 0 unspecified atom stereocenters. The van der Waals surface area contributed by atoms with E-state index in [1.54, 1.807) is 0 Å². The minimum absolute atomic E-state index is 0.0473. The van der Waals surface area contributed by atoms with Crippen molar-refractivity contribution in [2.24, 2.45) is 0 Å². The van der Waals surface area contributed by atoms with Crippen molar-refractivity contribution >= 4 is 17.3 Å². The van der Waals surface area contributed by atoms with Crippen LogP contribution in [-0.2, 0) is 0 Å². The number of halogens is 1. The van der Waals surface area contributed by atoms with Gasteiger partial charge in [0.15, 0.2) is 0 Å². The van der Waals surface area contributed by atoms with Crippen molar-refractivity contribution in [1.29, 1.82) is 0 Å². The Labute approximate surface area is 105 Å². The lowest BCUT2D eigenvalue weighted by atomic mass is 10.2. The van der Waals surface area contributed by atoms with Gasteiger partial charge in [-0.1, -0.05) is 0 Å². The number of carbonyl (C=O) groups excluding carboxylic acids is 1. The second kappa shape index (κ2) is 4.77. The van der Waals surface area contributed by atoms with Crippen LogP contribution in [0.5, 0.6) is 0 Å². The molecule has 0 aliphatic heterocycles. The smallest absolute Gasteiger partial charge is 0.326 e.